The third-order valence-corrected chi connectivity index (χ3v) is 3.58. The molecule has 0 N–H and O–H groups in total. The van der Waals surface area contributed by atoms with E-state index in [2.05, 4.69) is 40.8 Å². The standard InChI is InChI=1S/C14H21NO2S/c1-4-18-13-9-7-12(8-10-13)15(2)11-5-6-14(16)17-3/h7-10H,4-6,11H2,1-3H3. The van der Waals surface area contributed by atoms with E-state index in [-0.39, 0.29) is 5.97 Å². The van der Waals surface area contributed by atoms with Gasteiger partial charge < -0.3 is 9.64 Å². The lowest BCUT2D eigenvalue weighted by molar-refractivity contribution is -0.140. The van der Waals surface area contributed by atoms with Crippen molar-refractivity contribution in [1.82, 2.24) is 0 Å². The first kappa shape index (κ1) is 14.9. The smallest absolute Gasteiger partial charge is 0.305 e. The fourth-order valence-electron chi connectivity index (χ4n) is 1.66. The zero-order valence-electron chi connectivity index (χ0n) is 11.3. The SMILES string of the molecule is CCSc1ccc(N(C)CCCC(=O)OC)cc1. The molecule has 0 aliphatic carbocycles. The Labute approximate surface area is 114 Å². The van der Waals surface area contributed by atoms with Gasteiger partial charge in [0.1, 0.15) is 0 Å². The molecule has 0 atom stereocenters. The van der Waals surface area contributed by atoms with Crippen LogP contribution in [0.5, 0.6) is 0 Å². The number of nitrogens with zero attached hydrogens (tertiary/aromatic N) is 1. The van der Waals surface area contributed by atoms with E-state index in [4.69, 9.17) is 0 Å². The lowest BCUT2D eigenvalue weighted by atomic mass is 10.2. The van der Waals surface area contributed by atoms with Crippen molar-refractivity contribution >= 4 is 23.4 Å². The summed E-state index contributed by atoms with van der Waals surface area (Å²) in [5, 5.41) is 0. The summed E-state index contributed by atoms with van der Waals surface area (Å²) in [6.45, 7) is 3.01. The number of rotatable bonds is 7. The van der Waals surface area contributed by atoms with Gasteiger partial charge in [0.2, 0.25) is 0 Å². The molecule has 0 radical (unpaired) electrons. The second-order valence-electron chi connectivity index (χ2n) is 4.03. The Morgan fingerprint density at radius 1 is 1.33 bits per heavy atom. The molecule has 0 amide bonds. The average Bonchev–Trinajstić information content (AvgIpc) is 2.39. The second kappa shape index (κ2) is 8.03. The zero-order chi connectivity index (χ0) is 13.4. The minimum Gasteiger partial charge on any atom is -0.469 e. The first-order valence-electron chi connectivity index (χ1n) is 6.18. The molecule has 0 heterocycles. The van der Waals surface area contributed by atoms with Crippen molar-refractivity contribution in [3.8, 4) is 0 Å². The van der Waals surface area contributed by atoms with Gasteiger partial charge in [0.25, 0.3) is 0 Å². The van der Waals surface area contributed by atoms with E-state index in [0.717, 1.165) is 18.7 Å². The monoisotopic (exact) mass is 267 g/mol. The topological polar surface area (TPSA) is 29.5 Å². The number of carbonyl (C=O) groups is 1. The Morgan fingerprint density at radius 2 is 2.00 bits per heavy atom. The molecule has 0 aliphatic heterocycles. The van der Waals surface area contributed by atoms with Crippen LogP contribution in [-0.2, 0) is 9.53 Å². The molecule has 0 bridgehead atoms. The van der Waals surface area contributed by atoms with Gasteiger partial charge in [-0.1, -0.05) is 6.92 Å². The van der Waals surface area contributed by atoms with Crippen LogP contribution < -0.4 is 4.90 Å². The van der Waals surface area contributed by atoms with Crippen molar-refractivity contribution in [3.63, 3.8) is 0 Å². The summed E-state index contributed by atoms with van der Waals surface area (Å²) < 4.78 is 4.62. The van der Waals surface area contributed by atoms with Gasteiger partial charge >= 0.3 is 5.97 Å². The Hall–Kier alpha value is -1.16. The maximum atomic E-state index is 11.0. The number of methoxy groups -OCH3 is 1. The van der Waals surface area contributed by atoms with Gasteiger partial charge in [-0.05, 0) is 36.4 Å². The summed E-state index contributed by atoms with van der Waals surface area (Å²) in [4.78, 5) is 14.5. The molecular weight excluding hydrogens is 246 g/mol. The van der Waals surface area contributed by atoms with Gasteiger partial charge in [-0.3, -0.25) is 4.79 Å². The molecule has 1 rings (SSSR count). The molecule has 0 spiro atoms. The van der Waals surface area contributed by atoms with E-state index in [1.54, 1.807) is 0 Å². The van der Waals surface area contributed by atoms with E-state index in [1.165, 1.54) is 17.7 Å². The molecule has 4 heteroatoms. The van der Waals surface area contributed by atoms with Crippen LogP contribution >= 0.6 is 11.8 Å². The average molecular weight is 267 g/mol. The number of anilines is 1. The van der Waals surface area contributed by atoms with Crippen molar-refractivity contribution in [2.45, 2.75) is 24.7 Å². The summed E-state index contributed by atoms with van der Waals surface area (Å²) in [7, 11) is 3.47. The molecule has 100 valence electrons. The molecule has 0 saturated heterocycles. The summed E-state index contributed by atoms with van der Waals surface area (Å²) >= 11 is 1.84. The predicted molar refractivity (Wildman–Crippen MR) is 77.4 cm³/mol. The van der Waals surface area contributed by atoms with E-state index < -0.39 is 0 Å². The highest BCUT2D eigenvalue weighted by molar-refractivity contribution is 7.99. The van der Waals surface area contributed by atoms with Crippen molar-refractivity contribution in [2.75, 3.05) is 31.4 Å². The fourth-order valence-corrected chi connectivity index (χ4v) is 2.32. The van der Waals surface area contributed by atoms with Crippen molar-refractivity contribution in [2.24, 2.45) is 0 Å². The van der Waals surface area contributed by atoms with Gasteiger partial charge in [0.05, 0.1) is 7.11 Å². The van der Waals surface area contributed by atoms with E-state index in [0.29, 0.717) is 6.42 Å². The first-order valence-corrected chi connectivity index (χ1v) is 7.16. The Kier molecular flexibility index (Phi) is 6.65. The molecule has 0 aromatic heterocycles. The molecule has 0 fully saturated rings. The maximum absolute atomic E-state index is 11.0. The third kappa shape index (κ3) is 5.00. The molecule has 3 nitrogen and oxygen atoms in total. The summed E-state index contributed by atoms with van der Waals surface area (Å²) in [6.07, 6.45) is 1.29. The number of esters is 1. The Bertz CT molecular complexity index is 365. The van der Waals surface area contributed by atoms with Crippen molar-refractivity contribution < 1.29 is 9.53 Å². The zero-order valence-corrected chi connectivity index (χ0v) is 12.1. The van der Waals surface area contributed by atoms with Gasteiger partial charge in [-0.2, -0.15) is 0 Å². The normalized spacial score (nSPS) is 10.2. The van der Waals surface area contributed by atoms with Gasteiger partial charge in [-0.15, -0.1) is 11.8 Å². The van der Waals surface area contributed by atoms with Crippen molar-refractivity contribution in [3.05, 3.63) is 24.3 Å². The summed E-state index contributed by atoms with van der Waals surface area (Å²) in [5.41, 5.74) is 1.18. The molecule has 1 aromatic rings. The number of hydrogen-bond acceptors (Lipinski definition) is 4. The molecule has 1 aromatic carbocycles. The highest BCUT2D eigenvalue weighted by atomic mass is 32.2. The minimum atomic E-state index is -0.141. The highest BCUT2D eigenvalue weighted by Gasteiger charge is 2.04. The van der Waals surface area contributed by atoms with Gasteiger partial charge in [0, 0.05) is 30.6 Å². The predicted octanol–water partition coefficient (Wildman–Crippen LogP) is 3.19. The first-order chi connectivity index (χ1) is 8.67. The lowest BCUT2D eigenvalue weighted by Crippen LogP contribution is -2.19. The maximum Gasteiger partial charge on any atom is 0.305 e. The van der Waals surface area contributed by atoms with Crippen LogP contribution in [0.1, 0.15) is 19.8 Å². The van der Waals surface area contributed by atoms with Crippen LogP contribution in [0.4, 0.5) is 5.69 Å². The molecular formula is C14H21NO2S. The van der Waals surface area contributed by atoms with Crippen LogP contribution in [0.3, 0.4) is 0 Å². The fraction of sp³-hybridized carbons (Fsp3) is 0.500. The van der Waals surface area contributed by atoms with Crippen LogP contribution in [0, 0.1) is 0 Å². The summed E-state index contributed by atoms with van der Waals surface area (Å²) in [5.74, 6) is 0.951. The van der Waals surface area contributed by atoms with Crippen LogP contribution in [0.25, 0.3) is 0 Å². The van der Waals surface area contributed by atoms with E-state index >= 15 is 0 Å². The molecule has 0 unspecified atom stereocenters. The third-order valence-electron chi connectivity index (χ3n) is 2.69. The molecule has 0 aliphatic rings. The van der Waals surface area contributed by atoms with Crippen LogP contribution in [0.2, 0.25) is 0 Å². The Balaban J connectivity index is 2.41. The minimum absolute atomic E-state index is 0.141. The van der Waals surface area contributed by atoms with Crippen molar-refractivity contribution in [1.29, 1.82) is 0 Å². The number of carbonyl (C=O) groups excluding carboxylic acids is 1. The highest BCUT2D eigenvalue weighted by Crippen LogP contribution is 2.21. The molecule has 18 heavy (non-hydrogen) atoms. The van der Waals surface area contributed by atoms with Gasteiger partial charge in [0.15, 0.2) is 0 Å². The quantitative estimate of drug-likeness (QED) is 0.560. The number of hydrogen-bond donors (Lipinski definition) is 0. The van der Waals surface area contributed by atoms with Crippen LogP contribution in [0.15, 0.2) is 29.2 Å². The number of thioether (sulfide) groups is 1. The second-order valence-corrected chi connectivity index (χ2v) is 5.37. The van der Waals surface area contributed by atoms with E-state index in [1.807, 2.05) is 18.8 Å². The summed E-state index contributed by atoms with van der Waals surface area (Å²) in [6, 6.07) is 8.52. The Morgan fingerprint density at radius 3 is 2.56 bits per heavy atom. The van der Waals surface area contributed by atoms with Gasteiger partial charge in [-0.25, -0.2) is 0 Å². The molecule has 0 saturated carbocycles. The van der Waals surface area contributed by atoms with Crippen LogP contribution in [-0.4, -0.2) is 32.4 Å². The number of benzene rings is 1. The number of ether oxygens (including phenoxy) is 1. The largest absolute Gasteiger partial charge is 0.469 e. The lowest BCUT2D eigenvalue weighted by Gasteiger charge is -2.19. The van der Waals surface area contributed by atoms with E-state index in [9.17, 15) is 4.79 Å².